The number of amides is 1. The normalized spacial score (nSPS) is 19.7. The van der Waals surface area contributed by atoms with E-state index in [4.69, 9.17) is 10.7 Å². The van der Waals surface area contributed by atoms with Crippen molar-refractivity contribution in [3.8, 4) is 11.3 Å². The zero-order valence-electron chi connectivity index (χ0n) is 17.6. The molecule has 1 aliphatic carbocycles. The SMILES string of the molecule is NCC1CCC(C(=O)NC(Cc2ccccc2Br)c2nc(-c3ccccc3)c[nH]2)CC1. The molecule has 162 valence electrons. The molecular weight excluding hydrogens is 452 g/mol. The van der Waals surface area contributed by atoms with E-state index >= 15 is 0 Å². The number of aromatic nitrogens is 2. The minimum Gasteiger partial charge on any atom is -0.346 e. The Balaban J connectivity index is 1.54. The fourth-order valence-electron chi connectivity index (χ4n) is 4.32. The summed E-state index contributed by atoms with van der Waals surface area (Å²) in [6, 6.07) is 18.0. The van der Waals surface area contributed by atoms with Crippen molar-refractivity contribution in [1.29, 1.82) is 0 Å². The van der Waals surface area contributed by atoms with Gasteiger partial charge in [-0.3, -0.25) is 4.79 Å². The van der Waals surface area contributed by atoms with Gasteiger partial charge in [-0.1, -0.05) is 64.5 Å². The van der Waals surface area contributed by atoms with Crippen molar-refractivity contribution < 1.29 is 4.79 Å². The van der Waals surface area contributed by atoms with E-state index in [1.807, 2.05) is 54.7 Å². The lowest BCUT2D eigenvalue weighted by Crippen LogP contribution is -2.37. The lowest BCUT2D eigenvalue weighted by molar-refractivity contribution is -0.127. The molecule has 1 aliphatic rings. The summed E-state index contributed by atoms with van der Waals surface area (Å²) in [5.41, 5.74) is 8.88. The lowest BCUT2D eigenvalue weighted by Gasteiger charge is -2.28. The Morgan fingerprint density at radius 3 is 2.52 bits per heavy atom. The standard InChI is InChI=1S/C25H29BrN4O/c26-21-9-5-4-8-20(21)14-22(30-25(31)19-12-10-17(15-27)11-13-19)24-28-16-23(29-24)18-6-2-1-3-7-18/h1-9,16-17,19,22H,10-15,27H2,(H,28,29)(H,30,31). The minimum absolute atomic E-state index is 0.0491. The van der Waals surface area contributed by atoms with Crippen molar-refractivity contribution in [3.05, 3.63) is 76.7 Å². The molecule has 1 amide bonds. The van der Waals surface area contributed by atoms with Crippen LogP contribution in [0.2, 0.25) is 0 Å². The van der Waals surface area contributed by atoms with E-state index < -0.39 is 0 Å². The van der Waals surface area contributed by atoms with E-state index in [-0.39, 0.29) is 17.9 Å². The van der Waals surface area contributed by atoms with Gasteiger partial charge in [0, 0.05) is 28.6 Å². The first kappa shape index (κ1) is 21.8. The summed E-state index contributed by atoms with van der Waals surface area (Å²) in [6.07, 6.45) is 6.44. The summed E-state index contributed by atoms with van der Waals surface area (Å²) in [5, 5.41) is 3.29. The smallest absolute Gasteiger partial charge is 0.223 e. The molecule has 31 heavy (non-hydrogen) atoms. The van der Waals surface area contributed by atoms with Crippen LogP contribution >= 0.6 is 15.9 Å². The molecule has 4 rings (SSSR count). The fourth-order valence-corrected chi connectivity index (χ4v) is 4.77. The molecule has 1 aromatic heterocycles. The zero-order chi connectivity index (χ0) is 21.6. The molecule has 3 aromatic rings. The fraction of sp³-hybridized carbons (Fsp3) is 0.360. The van der Waals surface area contributed by atoms with Gasteiger partial charge >= 0.3 is 0 Å². The maximum absolute atomic E-state index is 13.1. The Labute approximate surface area is 192 Å². The Morgan fingerprint density at radius 2 is 1.81 bits per heavy atom. The van der Waals surface area contributed by atoms with Crippen molar-refractivity contribution in [2.75, 3.05) is 6.54 Å². The van der Waals surface area contributed by atoms with Crippen LogP contribution in [0.4, 0.5) is 0 Å². The molecule has 0 radical (unpaired) electrons. The highest BCUT2D eigenvalue weighted by Crippen LogP contribution is 2.30. The highest BCUT2D eigenvalue weighted by Gasteiger charge is 2.28. The van der Waals surface area contributed by atoms with Crippen LogP contribution in [0.1, 0.15) is 43.1 Å². The second-order valence-electron chi connectivity index (χ2n) is 8.35. The maximum Gasteiger partial charge on any atom is 0.223 e. The highest BCUT2D eigenvalue weighted by atomic mass is 79.9. The van der Waals surface area contributed by atoms with E-state index in [9.17, 15) is 4.79 Å². The van der Waals surface area contributed by atoms with Gasteiger partial charge in [-0.25, -0.2) is 4.98 Å². The number of H-pyrrole nitrogens is 1. The van der Waals surface area contributed by atoms with Crippen LogP contribution in [0, 0.1) is 11.8 Å². The first-order chi connectivity index (χ1) is 15.1. The van der Waals surface area contributed by atoms with Crippen molar-refractivity contribution >= 4 is 21.8 Å². The molecule has 2 aromatic carbocycles. The van der Waals surface area contributed by atoms with Crippen LogP contribution in [0.15, 0.2) is 65.3 Å². The topological polar surface area (TPSA) is 83.8 Å². The van der Waals surface area contributed by atoms with Crippen molar-refractivity contribution in [3.63, 3.8) is 0 Å². The maximum atomic E-state index is 13.1. The number of nitrogens with two attached hydrogens (primary N) is 1. The predicted octanol–water partition coefficient (Wildman–Crippen LogP) is 5.00. The summed E-state index contributed by atoms with van der Waals surface area (Å²) in [6.45, 7) is 0.716. The van der Waals surface area contributed by atoms with E-state index in [1.54, 1.807) is 0 Å². The van der Waals surface area contributed by atoms with Crippen molar-refractivity contribution in [2.45, 2.75) is 38.1 Å². The molecule has 6 heteroatoms. The van der Waals surface area contributed by atoms with Gasteiger partial charge in [0.1, 0.15) is 5.82 Å². The molecule has 5 nitrogen and oxygen atoms in total. The van der Waals surface area contributed by atoms with Gasteiger partial charge in [0.2, 0.25) is 5.91 Å². The monoisotopic (exact) mass is 480 g/mol. The number of nitrogens with zero attached hydrogens (tertiary/aromatic N) is 1. The number of rotatable bonds is 7. The third-order valence-electron chi connectivity index (χ3n) is 6.25. The third-order valence-corrected chi connectivity index (χ3v) is 7.02. The minimum atomic E-state index is -0.226. The van der Waals surface area contributed by atoms with Gasteiger partial charge in [0.15, 0.2) is 0 Å². The molecule has 0 aliphatic heterocycles. The number of imidazole rings is 1. The highest BCUT2D eigenvalue weighted by molar-refractivity contribution is 9.10. The average Bonchev–Trinajstić information content (AvgIpc) is 3.31. The van der Waals surface area contributed by atoms with Crippen LogP contribution in [0.3, 0.4) is 0 Å². The van der Waals surface area contributed by atoms with E-state index in [0.717, 1.165) is 52.8 Å². The zero-order valence-corrected chi connectivity index (χ0v) is 19.1. The summed E-state index contributed by atoms with van der Waals surface area (Å²) in [5.74, 6) is 1.50. The molecule has 1 unspecified atom stereocenters. The van der Waals surface area contributed by atoms with E-state index in [1.165, 1.54) is 0 Å². The molecule has 1 atom stereocenters. The Kier molecular flexibility index (Phi) is 7.20. The van der Waals surface area contributed by atoms with Crippen LogP contribution in [0.25, 0.3) is 11.3 Å². The summed E-state index contributed by atoms with van der Waals surface area (Å²) < 4.78 is 1.03. The lowest BCUT2D eigenvalue weighted by atomic mass is 9.81. The predicted molar refractivity (Wildman–Crippen MR) is 127 cm³/mol. The molecule has 0 saturated heterocycles. The van der Waals surface area contributed by atoms with Gasteiger partial charge in [0.05, 0.1) is 11.7 Å². The number of carbonyl (C=O) groups excluding carboxylic acids is 1. The summed E-state index contributed by atoms with van der Waals surface area (Å²) in [7, 11) is 0. The molecule has 1 fully saturated rings. The van der Waals surface area contributed by atoms with Gasteiger partial charge in [-0.05, 0) is 49.8 Å². The van der Waals surface area contributed by atoms with Crippen LogP contribution in [-0.4, -0.2) is 22.4 Å². The Morgan fingerprint density at radius 1 is 1.10 bits per heavy atom. The van der Waals surface area contributed by atoms with Gasteiger partial charge < -0.3 is 16.0 Å². The van der Waals surface area contributed by atoms with Gasteiger partial charge in [-0.2, -0.15) is 0 Å². The number of halogens is 1. The quantitative estimate of drug-likeness (QED) is 0.444. The number of hydrogen-bond donors (Lipinski definition) is 3. The summed E-state index contributed by atoms with van der Waals surface area (Å²) in [4.78, 5) is 21.3. The first-order valence-electron chi connectivity index (χ1n) is 11.0. The van der Waals surface area contributed by atoms with Crippen molar-refractivity contribution in [2.24, 2.45) is 17.6 Å². The van der Waals surface area contributed by atoms with E-state index in [2.05, 4.69) is 32.3 Å². The number of benzene rings is 2. The number of carbonyl (C=O) groups is 1. The molecule has 0 bridgehead atoms. The molecule has 1 heterocycles. The van der Waals surface area contributed by atoms with Crippen LogP contribution in [-0.2, 0) is 11.2 Å². The molecule has 0 spiro atoms. The molecule has 4 N–H and O–H groups in total. The van der Waals surface area contributed by atoms with Crippen molar-refractivity contribution in [1.82, 2.24) is 15.3 Å². The van der Waals surface area contributed by atoms with E-state index in [0.29, 0.717) is 18.9 Å². The second kappa shape index (κ2) is 10.2. The molecular formula is C25H29BrN4O. The second-order valence-corrected chi connectivity index (χ2v) is 9.20. The average molecular weight is 481 g/mol. The first-order valence-corrected chi connectivity index (χ1v) is 11.8. The van der Waals surface area contributed by atoms with Crippen LogP contribution in [0.5, 0.6) is 0 Å². The van der Waals surface area contributed by atoms with Crippen LogP contribution < -0.4 is 11.1 Å². The summed E-state index contributed by atoms with van der Waals surface area (Å²) >= 11 is 3.64. The number of nitrogens with one attached hydrogen (secondary N) is 2. The molecule has 1 saturated carbocycles. The largest absolute Gasteiger partial charge is 0.346 e. The Hall–Kier alpha value is -2.44. The van der Waals surface area contributed by atoms with Gasteiger partial charge in [-0.15, -0.1) is 0 Å². The number of aromatic amines is 1. The van der Waals surface area contributed by atoms with Gasteiger partial charge in [0.25, 0.3) is 0 Å². The Bertz CT molecular complexity index is 996. The third kappa shape index (κ3) is 5.43. The number of hydrogen-bond acceptors (Lipinski definition) is 3.